The number of anilines is 1. The number of carbonyl (C=O) groups is 1. The Bertz CT molecular complexity index is 753. The van der Waals surface area contributed by atoms with Gasteiger partial charge in [-0.3, -0.25) is 4.79 Å². The number of benzene rings is 1. The minimum Gasteiger partial charge on any atom is -0.352 e. The Morgan fingerprint density at radius 1 is 1.21 bits per heavy atom. The fourth-order valence-corrected chi connectivity index (χ4v) is 2.37. The van der Waals surface area contributed by atoms with Crippen LogP contribution in [0.2, 0.25) is 0 Å². The molecule has 6 nitrogen and oxygen atoms in total. The molecule has 0 unspecified atom stereocenters. The zero-order chi connectivity index (χ0) is 17.5. The molecule has 0 spiro atoms. The summed E-state index contributed by atoms with van der Waals surface area (Å²) in [5, 5.41) is 5.39. The number of hydrogen-bond acceptors (Lipinski definition) is 3. The maximum Gasteiger partial charge on any atom is 0.319 e. The highest BCUT2D eigenvalue weighted by Crippen LogP contribution is 2.07. The normalized spacial score (nSPS) is 10.7. The van der Waals surface area contributed by atoms with Crippen molar-refractivity contribution in [3.63, 3.8) is 0 Å². The van der Waals surface area contributed by atoms with Crippen molar-refractivity contribution in [2.75, 3.05) is 19.4 Å². The first-order valence-electron chi connectivity index (χ1n) is 7.95. The van der Waals surface area contributed by atoms with Crippen LogP contribution in [-0.2, 0) is 19.6 Å². The van der Waals surface area contributed by atoms with E-state index in [2.05, 4.69) is 27.7 Å². The number of aryl methyl sites for hydroxylation is 1. The molecule has 6 heteroatoms. The van der Waals surface area contributed by atoms with Crippen LogP contribution in [0.25, 0.3) is 0 Å². The van der Waals surface area contributed by atoms with Crippen LogP contribution in [0.15, 0.2) is 47.5 Å². The summed E-state index contributed by atoms with van der Waals surface area (Å²) in [6, 6.07) is 9.12. The van der Waals surface area contributed by atoms with E-state index in [-0.39, 0.29) is 17.1 Å². The lowest BCUT2D eigenvalue weighted by atomic mass is 10.1. The van der Waals surface area contributed by atoms with E-state index in [0.717, 1.165) is 18.7 Å². The van der Waals surface area contributed by atoms with Crippen molar-refractivity contribution < 1.29 is 4.79 Å². The van der Waals surface area contributed by atoms with Crippen molar-refractivity contribution in [3.05, 3.63) is 64.1 Å². The Labute approximate surface area is 142 Å². The maximum atomic E-state index is 12.0. The van der Waals surface area contributed by atoms with Crippen LogP contribution in [0.3, 0.4) is 0 Å². The standard InChI is InChI=1S/C18H24N4O2/c1-4-22-9-8-17(23)16(13-22)20-18(24)19-11-14-6-5-7-15(10-14)12-21(2)3/h5-10,13H,4,11-12H2,1-3H3,(H2,19,20,24). The second-order valence-corrected chi connectivity index (χ2v) is 5.92. The average molecular weight is 328 g/mol. The van der Waals surface area contributed by atoms with Crippen LogP contribution in [0.4, 0.5) is 10.5 Å². The van der Waals surface area contributed by atoms with Gasteiger partial charge in [-0.2, -0.15) is 0 Å². The molecule has 2 aromatic rings. The monoisotopic (exact) mass is 328 g/mol. The van der Waals surface area contributed by atoms with Gasteiger partial charge in [-0.1, -0.05) is 24.3 Å². The molecule has 0 bridgehead atoms. The number of rotatable bonds is 6. The van der Waals surface area contributed by atoms with Gasteiger partial charge in [0.15, 0.2) is 0 Å². The molecule has 0 aliphatic carbocycles. The van der Waals surface area contributed by atoms with Gasteiger partial charge in [0.25, 0.3) is 0 Å². The molecule has 0 saturated carbocycles. The third kappa shape index (κ3) is 5.24. The summed E-state index contributed by atoms with van der Waals surface area (Å²) < 4.78 is 1.84. The van der Waals surface area contributed by atoms with E-state index >= 15 is 0 Å². The molecular weight excluding hydrogens is 304 g/mol. The summed E-state index contributed by atoms with van der Waals surface area (Å²) in [7, 11) is 4.03. The van der Waals surface area contributed by atoms with Crippen molar-refractivity contribution in [2.24, 2.45) is 0 Å². The zero-order valence-corrected chi connectivity index (χ0v) is 14.4. The summed E-state index contributed by atoms with van der Waals surface area (Å²) in [4.78, 5) is 25.9. The summed E-state index contributed by atoms with van der Waals surface area (Å²) in [5.74, 6) is 0. The van der Waals surface area contributed by atoms with E-state index in [4.69, 9.17) is 0 Å². The Balaban J connectivity index is 1.95. The van der Waals surface area contributed by atoms with Gasteiger partial charge in [0.1, 0.15) is 5.69 Å². The van der Waals surface area contributed by atoms with E-state index in [1.807, 2.05) is 37.7 Å². The molecule has 0 aliphatic heterocycles. The Kier molecular flexibility index (Phi) is 6.14. The third-order valence-electron chi connectivity index (χ3n) is 3.53. The Morgan fingerprint density at radius 2 is 1.96 bits per heavy atom. The molecule has 0 fully saturated rings. The number of nitrogens with zero attached hydrogens (tertiary/aromatic N) is 2. The van der Waals surface area contributed by atoms with Crippen LogP contribution in [0.1, 0.15) is 18.1 Å². The molecule has 0 atom stereocenters. The van der Waals surface area contributed by atoms with E-state index in [1.54, 1.807) is 12.4 Å². The highest BCUT2D eigenvalue weighted by atomic mass is 16.2. The fraction of sp³-hybridized carbons (Fsp3) is 0.333. The van der Waals surface area contributed by atoms with Crippen molar-refractivity contribution in [2.45, 2.75) is 26.6 Å². The molecule has 1 heterocycles. The van der Waals surface area contributed by atoms with Crippen molar-refractivity contribution in [3.8, 4) is 0 Å². The number of urea groups is 1. The van der Waals surface area contributed by atoms with Gasteiger partial charge in [-0.15, -0.1) is 0 Å². The predicted octanol–water partition coefficient (Wildman–Crippen LogP) is 2.25. The topological polar surface area (TPSA) is 66.4 Å². The lowest BCUT2D eigenvalue weighted by molar-refractivity contribution is 0.251. The highest BCUT2D eigenvalue weighted by molar-refractivity contribution is 5.88. The molecule has 24 heavy (non-hydrogen) atoms. The average Bonchev–Trinajstić information content (AvgIpc) is 2.55. The molecule has 2 rings (SSSR count). The summed E-state index contributed by atoms with van der Waals surface area (Å²) >= 11 is 0. The number of pyridine rings is 1. The first-order chi connectivity index (χ1) is 11.5. The summed E-state index contributed by atoms with van der Waals surface area (Å²) in [5.41, 5.74) is 2.28. The minimum absolute atomic E-state index is 0.206. The lowest BCUT2D eigenvalue weighted by Gasteiger charge is -2.12. The highest BCUT2D eigenvalue weighted by Gasteiger charge is 2.06. The summed E-state index contributed by atoms with van der Waals surface area (Å²) in [6.45, 7) is 3.95. The molecule has 1 aromatic carbocycles. The zero-order valence-electron chi connectivity index (χ0n) is 14.4. The van der Waals surface area contributed by atoms with Crippen molar-refractivity contribution >= 4 is 11.7 Å². The smallest absolute Gasteiger partial charge is 0.319 e. The maximum absolute atomic E-state index is 12.0. The van der Waals surface area contributed by atoms with Crippen LogP contribution >= 0.6 is 0 Å². The molecule has 0 radical (unpaired) electrons. The van der Waals surface area contributed by atoms with Crippen LogP contribution in [0.5, 0.6) is 0 Å². The number of hydrogen-bond donors (Lipinski definition) is 2. The third-order valence-corrected chi connectivity index (χ3v) is 3.53. The minimum atomic E-state index is -0.390. The first kappa shape index (κ1) is 17.7. The Hall–Kier alpha value is -2.60. The van der Waals surface area contributed by atoms with Crippen LogP contribution in [-0.4, -0.2) is 29.6 Å². The second kappa shape index (κ2) is 8.31. The van der Waals surface area contributed by atoms with Gasteiger partial charge in [0.2, 0.25) is 5.43 Å². The van der Waals surface area contributed by atoms with Gasteiger partial charge in [-0.25, -0.2) is 4.79 Å². The molecule has 0 aliphatic rings. The lowest BCUT2D eigenvalue weighted by Crippen LogP contribution is -2.30. The van der Waals surface area contributed by atoms with Gasteiger partial charge in [-0.05, 0) is 32.1 Å². The van der Waals surface area contributed by atoms with E-state index in [0.29, 0.717) is 6.54 Å². The van der Waals surface area contributed by atoms with Gasteiger partial charge in [0.05, 0.1) is 0 Å². The van der Waals surface area contributed by atoms with Gasteiger partial charge < -0.3 is 20.1 Å². The SMILES string of the molecule is CCn1ccc(=O)c(NC(=O)NCc2cccc(CN(C)C)c2)c1. The first-order valence-corrected chi connectivity index (χ1v) is 7.95. The molecule has 1 aromatic heterocycles. The van der Waals surface area contributed by atoms with E-state index < -0.39 is 0 Å². The van der Waals surface area contributed by atoms with Crippen LogP contribution < -0.4 is 16.1 Å². The molecule has 2 amide bonds. The summed E-state index contributed by atoms with van der Waals surface area (Å²) in [6.07, 6.45) is 3.33. The predicted molar refractivity (Wildman–Crippen MR) is 96.1 cm³/mol. The van der Waals surface area contributed by atoms with E-state index in [1.165, 1.54) is 11.6 Å². The number of carbonyl (C=O) groups excluding carboxylic acids is 1. The van der Waals surface area contributed by atoms with Crippen molar-refractivity contribution in [1.82, 2.24) is 14.8 Å². The molecule has 128 valence electrons. The molecular formula is C18H24N4O2. The van der Waals surface area contributed by atoms with Crippen molar-refractivity contribution in [1.29, 1.82) is 0 Å². The number of amides is 2. The molecule has 2 N–H and O–H groups in total. The second-order valence-electron chi connectivity index (χ2n) is 5.92. The largest absolute Gasteiger partial charge is 0.352 e. The van der Waals surface area contributed by atoms with Crippen LogP contribution in [0, 0.1) is 0 Å². The van der Waals surface area contributed by atoms with E-state index in [9.17, 15) is 9.59 Å². The quantitative estimate of drug-likeness (QED) is 0.855. The number of aromatic nitrogens is 1. The Morgan fingerprint density at radius 3 is 2.67 bits per heavy atom. The van der Waals surface area contributed by atoms with Gasteiger partial charge >= 0.3 is 6.03 Å². The van der Waals surface area contributed by atoms with Gasteiger partial charge in [0, 0.05) is 38.1 Å². The fourth-order valence-electron chi connectivity index (χ4n) is 2.37. The number of nitrogens with one attached hydrogen (secondary N) is 2. The molecule has 0 saturated heterocycles.